The van der Waals surface area contributed by atoms with Gasteiger partial charge in [-0.15, -0.1) is 0 Å². The topological polar surface area (TPSA) is 64.0 Å². The van der Waals surface area contributed by atoms with Crippen LogP contribution in [-0.4, -0.2) is 21.2 Å². The van der Waals surface area contributed by atoms with E-state index in [0.717, 1.165) is 31.2 Å². The van der Waals surface area contributed by atoms with E-state index in [1.165, 1.54) is 18.2 Å². The van der Waals surface area contributed by atoms with Crippen molar-refractivity contribution in [1.29, 1.82) is 0 Å². The van der Waals surface area contributed by atoms with Gasteiger partial charge in [-0.25, -0.2) is 4.98 Å². The highest BCUT2D eigenvalue weighted by atomic mass is 32.2. The minimum atomic E-state index is -0.0588. The number of nitrogens with zero attached hydrogens (tertiary/aromatic N) is 2. The lowest BCUT2D eigenvalue weighted by atomic mass is 9.95. The van der Waals surface area contributed by atoms with Crippen molar-refractivity contribution < 1.29 is 4.79 Å². The van der Waals surface area contributed by atoms with Crippen LogP contribution >= 0.6 is 11.8 Å². The zero-order valence-electron chi connectivity index (χ0n) is 16.3. The van der Waals surface area contributed by atoms with Crippen LogP contribution in [0.1, 0.15) is 43.7 Å². The number of carbonyl (C=O) groups excluding carboxylic acids is 1. The molecule has 0 aliphatic heterocycles. The minimum absolute atomic E-state index is 0.00898. The number of hydrogen-bond acceptors (Lipinski definition) is 4. The molecule has 1 amide bonds. The first-order chi connectivity index (χ1) is 14.2. The first kappa shape index (κ1) is 19.7. The Morgan fingerprint density at radius 2 is 1.76 bits per heavy atom. The molecule has 1 heterocycles. The van der Waals surface area contributed by atoms with Crippen LogP contribution in [0, 0.1) is 0 Å². The van der Waals surface area contributed by atoms with Gasteiger partial charge in [0, 0.05) is 12.6 Å². The van der Waals surface area contributed by atoms with Crippen LogP contribution < -0.4 is 10.9 Å². The van der Waals surface area contributed by atoms with E-state index in [-0.39, 0.29) is 23.3 Å². The summed E-state index contributed by atoms with van der Waals surface area (Å²) >= 11 is 1.35. The van der Waals surface area contributed by atoms with E-state index in [2.05, 4.69) is 5.32 Å². The van der Waals surface area contributed by atoms with Gasteiger partial charge in [0.05, 0.1) is 16.7 Å². The Hall–Kier alpha value is -2.60. The highest BCUT2D eigenvalue weighted by Crippen LogP contribution is 2.31. The molecule has 1 aromatic heterocycles. The SMILES string of the molecule is O=C(CSc1nc2ccccc2c(=O)n1C1CCCCC1)NCc1ccccc1. The van der Waals surface area contributed by atoms with Gasteiger partial charge in [0.25, 0.3) is 5.56 Å². The largest absolute Gasteiger partial charge is 0.351 e. The lowest BCUT2D eigenvalue weighted by Gasteiger charge is -2.26. The molecule has 2 aromatic carbocycles. The predicted octanol–water partition coefficient (Wildman–Crippen LogP) is 4.31. The third kappa shape index (κ3) is 4.70. The molecule has 1 fully saturated rings. The van der Waals surface area contributed by atoms with E-state index in [4.69, 9.17) is 4.98 Å². The second-order valence-electron chi connectivity index (χ2n) is 7.43. The zero-order chi connectivity index (χ0) is 20.1. The van der Waals surface area contributed by atoms with Crippen LogP contribution in [0.15, 0.2) is 64.5 Å². The predicted molar refractivity (Wildman–Crippen MR) is 117 cm³/mol. The molecule has 0 saturated heterocycles. The molecule has 0 unspecified atom stereocenters. The molecule has 6 heteroatoms. The van der Waals surface area contributed by atoms with E-state index in [1.54, 1.807) is 0 Å². The number of thioether (sulfide) groups is 1. The molecule has 0 bridgehead atoms. The molecule has 29 heavy (non-hydrogen) atoms. The third-order valence-corrected chi connectivity index (χ3v) is 6.33. The summed E-state index contributed by atoms with van der Waals surface area (Å²) in [4.78, 5) is 30.3. The molecular formula is C23H25N3O2S. The smallest absolute Gasteiger partial charge is 0.262 e. The van der Waals surface area contributed by atoms with E-state index in [0.29, 0.717) is 22.6 Å². The lowest BCUT2D eigenvalue weighted by Crippen LogP contribution is -2.30. The van der Waals surface area contributed by atoms with Gasteiger partial charge >= 0.3 is 0 Å². The number of benzene rings is 2. The second kappa shape index (κ2) is 9.27. The molecule has 0 radical (unpaired) electrons. The van der Waals surface area contributed by atoms with Gasteiger partial charge in [0.2, 0.25) is 5.91 Å². The molecule has 150 valence electrons. The van der Waals surface area contributed by atoms with E-state index < -0.39 is 0 Å². The Bertz CT molecular complexity index is 1040. The number of amides is 1. The van der Waals surface area contributed by atoms with Gasteiger partial charge in [0.1, 0.15) is 0 Å². The Morgan fingerprint density at radius 1 is 1.03 bits per heavy atom. The molecule has 1 N–H and O–H groups in total. The van der Waals surface area contributed by atoms with Gasteiger partial charge in [-0.2, -0.15) is 0 Å². The zero-order valence-corrected chi connectivity index (χ0v) is 17.2. The van der Waals surface area contributed by atoms with Crippen molar-refractivity contribution >= 4 is 28.6 Å². The number of aromatic nitrogens is 2. The molecule has 5 nitrogen and oxygen atoms in total. The van der Waals surface area contributed by atoms with Crippen molar-refractivity contribution in [3.05, 3.63) is 70.5 Å². The molecule has 3 aromatic rings. The fourth-order valence-electron chi connectivity index (χ4n) is 3.87. The van der Waals surface area contributed by atoms with Crippen molar-refractivity contribution in [2.24, 2.45) is 0 Å². The maximum Gasteiger partial charge on any atom is 0.262 e. The summed E-state index contributed by atoms with van der Waals surface area (Å²) in [5.74, 6) is 0.182. The fraction of sp³-hybridized carbons (Fsp3) is 0.348. The summed E-state index contributed by atoms with van der Waals surface area (Å²) in [6, 6.07) is 17.5. The van der Waals surface area contributed by atoms with Crippen molar-refractivity contribution in [2.45, 2.75) is 49.8 Å². The van der Waals surface area contributed by atoms with Crippen molar-refractivity contribution in [2.75, 3.05) is 5.75 Å². The number of fused-ring (bicyclic) bond motifs is 1. The van der Waals surface area contributed by atoms with Crippen molar-refractivity contribution in [1.82, 2.24) is 14.9 Å². The lowest BCUT2D eigenvalue weighted by molar-refractivity contribution is -0.118. The van der Waals surface area contributed by atoms with Crippen LogP contribution in [0.5, 0.6) is 0 Å². The Kier molecular flexibility index (Phi) is 6.30. The number of hydrogen-bond donors (Lipinski definition) is 1. The van der Waals surface area contributed by atoms with Gasteiger partial charge in [-0.3, -0.25) is 14.2 Å². The first-order valence-corrected chi connectivity index (χ1v) is 11.2. The maximum absolute atomic E-state index is 13.2. The minimum Gasteiger partial charge on any atom is -0.351 e. The molecule has 1 aliphatic carbocycles. The average molecular weight is 408 g/mol. The van der Waals surface area contributed by atoms with Gasteiger partial charge in [-0.05, 0) is 30.5 Å². The molecule has 4 rings (SSSR count). The number of nitrogens with one attached hydrogen (secondary N) is 1. The van der Waals surface area contributed by atoms with Crippen LogP contribution in [0.2, 0.25) is 0 Å². The van der Waals surface area contributed by atoms with Crippen molar-refractivity contribution in [3.8, 4) is 0 Å². The number of rotatable bonds is 6. The summed E-state index contributed by atoms with van der Waals surface area (Å²) in [5, 5.41) is 4.24. The Morgan fingerprint density at radius 3 is 2.55 bits per heavy atom. The number of para-hydroxylation sites is 1. The normalized spacial score (nSPS) is 14.8. The summed E-state index contributed by atoms with van der Waals surface area (Å²) in [5.41, 5.74) is 1.76. The third-order valence-electron chi connectivity index (χ3n) is 5.38. The molecule has 1 saturated carbocycles. The van der Waals surface area contributed by atoms with Crippen LogP contribution in [0.3, 0.4) is 0 Å². The highest BCUT2D eigenvalue weighted by Gasteiger charge is 2.22. The molecule has 1 aliphatic rings. The Labute approximate surface area is 174 Å². The summed E-state index contributed by atoms with van der Waals surface area (Å²) < 4.78 is 1.84. The van der Waals surface area contributed by atoms with Gasteiger partial charge in [-0.1, -0.05) is 73.5 Å². The molecular weight excluding hydrogens is 382 g/mol. The first-order valence-electron chi connectivity index (χ1n) is 10.2. The summed E-state index contributed by atoms with van der Waals surface area (Å²) in [6.45, 7) is 0.501. The van der Waals surface area contributed by atoms with Crippen molar-refractivity contribution in [3.63, 3.8) is 0 Å². The maximum atomic E-state index is 13.2. The monoisotopic (exact) mass is 407 g/mol. The average Bonchev–Trinajstić information content (AvgIpc) is 2.77. The molecule has 0 atom stereocenters. The van der Waals surface area contributed by atoms with Crippen LogP contribution in [-0.2, 0) is 11.3 Å². The fourth-order valence-corrected chi connectivity index (χ4v) is 4.76. The highest BCUT2D eigenvalue weighted by molar-refractivity contribution is 7.99. The Balaban J connectivity index is 1.53. The van der Waals surface area contributed by atoms with Crippen LogP contribution in [0.25, 0.3) is 10.9 Å². The quantitative estimate of drug-likeness (QED) is 0.488. The standard InChI is InChI=1S/C23H25N3O2S/c27-21(24-15-17-9-3-1-4-10-17)16-29-23-25-20-14-8-7-13-19(20)22(28)26(23)18-11-5-2-6-12-18/h1,3-4,7-10,13-14,18H,2,5-6,11-12,15-16H2,(H,24,27). The summed E-state index contributed by atoms with van der Waals surface area (Å²) in [7, 11) is 0. The second-order valence-corrected chi connectivity index (χ2v) is 8.37. The van der Waals surface area contributed by atoms with Crippen LogP contribution in [0.4, 0.5) is 0 Å². The number of carbonyl (C=O) groups is 1. The van der Waals surface area contributed by atoms with E-state index in [9.17, 15) is 9.59 Å². The summed E-state index contributed by atoms with van der Waals surface area (Å²) in [6.07, 6.45) is 5.47. The van der Waals surface area contributed by atoms with E-state index >= 15 is 0 Å². The van der Waals surface area contributed by atoms with Gasteiger partial charge < -0.3 is 5.32 Å². The van der Waals surface area contributed by atoms with Gasteiger partial charge in [0.15, 0.2) is 5.16 Å². The molecule has 0 spiro atoms. The van der Waals surface area contributed by atoms with E-state index in [1.807, 2.05) is 59.2 Å².